The van der Waals surface area contributed by atoms with Crippen LogP contribution in [0, 0.1) is 10.1 Å². The van der Waals surface area contributed by atoms with Gasteiger partial charge in [-0.1, -0.05) is 12.1 Å². The highest BCUT2D eigenvalue weighted by molar-refractivity contribution is 5.93. The molecule has 7 heteroatoms. The zero-order chi connectivity index (χ0) is 14.4. The largest absolute Gasteiger partial charge is 0.368 e. The van der Waals surface area contributed by atoms with Gasteiger partial charge in [0.05, 0.1) is 11.0 Å². The van der Waals surface area contributed by atoms with E-state index in [1.165, 1.54) is 12.1 Å². The minimum atomic E-state index is -0.525. The van der Waals surface area contributed by atoms with Crippen LogP contribution in [0.3, 0.4) is 0 Å². The number of piperidine rings is 1. The van der Waals surface area contributed by atoms with Crippen molar-refractivity contribution in [3.63, 3.8) is 0 Å². The van der Waals surface area contributed by atoms with Crippen molar-refractivity contribution in [3.8, 4) is 0 Å². The molecule has 1 aromatic rings. The van der Waals surface area contributed by atoms with E-state index in [-0.39, 0.29) is 30.0 Å². The van der Waals surface area contributed by atoms with Gasteiger partial charge in [0.25, 0.3) is 11.6 Å². The number of para-hydroxylation sites is 2. The van der Waals surface area contributed by atoms with Gasteiger partial charge in [-0.3, -0.25) is 14.9 Å². The topological polar surface area (TPSA) is 93.5 Å². The molecule has 1 aliphatic rings. The van der Waals surface area contributed by atoms with Gasteiger partial charge in [-0.25, -0.2) is 0 Å². The summed E-state index contributed by atoms with van der Waals surface area (Å²) >= 11 is 0. The van der Waals surface area contributed by atoms with Gasteiger partial charge in [0.15, 0.2) is 0 Å². The van der Waals surface area contributed by atoms with Crippen molar-refractivity contribution in [1.82, 2.24) is 5.32 Å². The van der Waals surface area contributed by atoms with Crippen LogP contribution in [0.5, 0.6) is 0 Å². The average molecular weight is 279 g/mol. The van der Waals surface area contributed by atoms with Crippen LogP contribution in [0.25, 0.3) is 0 Å². The molecular weight excluding hydrogens is 262 g/mol. The number of rotatable bonds is 5. The molecule has 1 aromatic carbocycles. The minimum absolute atomic E-state index is 0.0766. The number of nitro benzene ring substituents is 1. The second kappa shape index (κ2) is 6.97. The van der Waals surface area contributed by atoms with Crippen molar-refractivity contribution in [3.05, 3.63) is 34.4 Å². The van der Waals surface area contributed by atoms with E-state index in [0.29, 0.717) is 0 Å². The lowest BCUT2D eigenvalue weighted by Gasteiger charge is -2.22. The summed E-state index contributed by atoms with van der Waals surface area (Å²) in [5.74, 6) is -0.377. The van der Waals surface area contributed by atoms with E-state index in [2.05, 4.69) is 10.6 Å². The Morgan fingerprint density at radius 1 is 1.40 bits per heavy atom. The molecule has 1 fully saturated rings. The molecule has 0 bridgehead atoms. The number of hydrogen-bond acceptors (Lipinski definition) is 5. The highest BCUT2D eigenvalue weighted by Gasteiger charge is 2.17. The lowest BCUT2D eigenvalue weighted by atomic mass is 10.1. The molecule has 1 saturated heterocycles. The van der Waals surface area contributed by atoms with Gasteiger partial charge in [0, 0.05) is 6.07 Å². The minimum Gasteiger partial charge on any atom is -0.368 e. The lowest BCUT2D eigenvalue weighted by Crippen LogP contribution is -2.34. The number of carbonyl (C=O) groups excluding carboxylic acids is 1. The van der Waals surface area contributed by atoms with Crippen molar-refractivity contribution in [2.45, 2.75) is 18.9 Å². The lowest BCUT2D eigenvalue weighted by molar-refractivity contribution is -0.383. The fourth-order valence-corrected chi connectivity index (χ4v) is 2.08. The summed E-state index contributed by atoms with van der Waals surface area (Å²) in [7, 11) is 0. The monoisotopic (exact) mass is 279 g/mol. The van der Waals surface area contributed by atoms with Crippen molar-refractivity contribution in [1.29, 1.82) is 0 Å². The van der Waals surface area contributed by atoms with Crippen LogP contribution in [0.2, 0.25) is 0 Å². The average Bonchev–Trinajstić information content (AvgIpc) is 2.46. The van der Waals surface area contributed by atoms with Gasteiger partial charge >= 0.3 is 0 Å². The Hall–Kier alpha value is -1.99. The second-order valence-electron chi connectivity index (χ2n) is 4.58. The third kappa shape index (κ3) is 4.01. The molecule has 7 nitrogen and oxygen atoms in total. The summed E-state index contributed by atoms with van der Waals surface area (Å²) < 4.78 is 5.50. The molecule has 0 aromatic heterocycles. The zero-order valence-corrected chi connectivity index (χ0v) is 11.0. The fraction of sp³-hybridized carbons (Fsp3) is 0.462. The van der Waals surface area contributed by atoms with E-state index < -0.39 is 4.92 Å². The Labute approximate surface area is 116 Å². The summed E-state index contributed by atoms with van der Waals surface area (Å²) in [6.45, 7) is 1.68. The molecule has 1 heterocycles. The number of nitrogens with zero attached hydrogens (tertiary/aromatic N) is 1. The predicted molar refractivity (Wildman–Crippen MR) is 73.6 cm³/mol. The van der Waals surface area contributed by atoms with Gasteiger partial charge in [0.2, 0.25) is 0 Å². The number of amides is 1. The summed E-state index contributed by atoms with van der Waals surface area (Å²) in [6, 6.07) is 6.04. The van der Waals surface area contributed by atoms with Crippen LogP contribution in [0.1, 0.15) is 12.8 Å². The fourth-order valence-electron chi connectivity index (χ4n) is 2.08. The molecule has 2 rings (SSSR count). The molecule has 108 valence electrons. The predicted octanol–water partition coefficient (Wildman–Crippen LogP) is 1.30. The third-order valence-electron chi connectivity index (χ3n) is 3.11. The van der Waals surface area contributed by atoms with Crippen LogP contribution < -0.4 is 10.6 Å². The van der Waals surface area contributed by atoms with Crippen molar-refractivity contribution >= 4 is 17.3 Å². The quantitative estimate of drug-likeness (QED) is 0.626. The van der Waals surface area contributed by atoms with E-state index in [9.17, 15) is 14.9 Å². The Morgan fingerprint density at radius 3 is 2.80 bits per heavy atom. The van der Waals surface area contributed by atoms with E-state index in [4.69, 9.17) is 4.74 Å². The third-order valence-corrected chi connectivity index (χ3v) is 3.11. The van der Waals surface area contributed by atoms with E-state index in [0.717, 1.165) is 25.9 Å². The number of anilines is 1. The maximum Gasteiger partial charge on any atom is 0.292 e. The summed E-state index contributed by atoms with van der Waals surface area (Å²) in [5.41, 5.74) is 0.0686. The summed E-state index contributed by atoms with van der Waals surface area (Å²) in [5, 5.41) is 16.5. The number of nitrogens with one attached hydrogen (secondary N) is 2. The zero-order valence-electron chi connectivity index (χ0n) is 11.0. The molecule has 0 unspecified atom stereocenters. The highest BCUT2D eigenvalue weighted by atomic mass is 16.6. The molecule has 0 spiro atoms. The Balaban J connectivity index is 1.86. The molecule has 0 saturated carbocycles. The van der Waals surface area contributed by atoms with Crippen LogP contribution in [-0.4, -0.2) is 36.6 Å². The molecule has 1 amide bonds. The number of carbonyl (C=O) groups is 1. The van der Waals surface area contributed by atoms with Gasteiger partial charge in [-0.2, -0.15) is 0 Å². The number of hydrogen-bond donors (Lipinski definition) is 2. The van der Waals surface area contributed by atoms with Crippen molar-refractivity contribution in [2.75, 3.05) is 25.0 Å². The van der Waals surface area contributed by atoms with Crippen LogP contribution in [-0.2, 0) is 9.53 Å². The van der Waals surface area contributed by atoms with E-state index in [1.54, 1.807) is 12.1 Å². The number of nitro groups is 1. The van der Waals surface area contributed by atoms with Gasteiger partial charge in [-0.05, 0) is 32.0 Å². The SMILES string of the molecule is O=C(COC1CCNCC1)Nc1ccccc1[N+](=O)[O-]. The molecule has 0 aliphatic carbocycles. The van der Waals surface area contributed by atoms with E-state index in [1.807, 2.05) is 0 Å². The number of ether oxygens (including phenoxy) is 1. The molecule has 1 aliphatic heterocycles. The molecule has 2 N–H and O–H groups in total. The van der Waals surface area contributed by atoms with E-state index >= 15 is 0 Å². The highest BCUT2D eigenvalue weighted by Crippen LogP contribution is 2.23. The Kier molecular flexibility index (Phi) is 5.03. The maximum atomic E-state index is 11.8. The standard InChI is InChI=1S/C13H17N3O4/c17-13(9-20-10-5-7-14-8-6-10)15-11-3-1-2-4-12(11)16(18)19/h1-4,10,14H,5-9H2,(H,15,17). The first-order chi connectivity index (χ1) is 9.66. The number of benzene rings is 1. The van der Waals surface area contributed by atoms with Gasteiger partial charge < -0.3 is 15.4 Å². The van der Waals surface area contributed by atoms with Crippen LogP contribution >= 0.6 is 0 Å². The van der Waals surface area contributed by atoms with Gasteiger partial charge in [-0.15, -0.1) is 0 Å². The molecular formula is C13H17N3O4. The van der Waals surface area contributed by atoms with Crippen molar-refractivity contribution < 1.29 is 14.5 Å². The first-order valence-corrected chi connectivity index (χ1v) is 6.52. The smallest absolute Gasteiger partial charge is 0.292 e. The molecule has 0 atom stereocenters. The normalized spacial score (nSPS) is 15.8. The van der Waals surface area contributed by atoms with Crippen LogP contribution in [0.4, 0.5) is 11.4 Å². The summed E-state index contributed by atoms with van der Waals surface area (Å²) in [4.78, 5) is 22.1. The van der Waals surface area contributed by atoms with Gasteiger partial charge in [0.1, 0.15) is 12.3 Å². The first-order valence-electron chi connectivity index (χ1n) is 6.52. The maximum absolute atomic E-state index is 11.8. The second-order valence-corrected chi connectivity index (χ2v) is 4.58. The molecule has 20 heavy (non-hydrogen) atoms. The van der Waals surface area contributed by atoms with Crippen molar-refractivity contribution in [2.24, 2.45) is 0 Å². The van der Waals surface area contributed by atoms with Crippen LogP contribution in [0.15, 0.2) is 24.3 Å². The Bertz CT molecular complexity index is 486. The summed E-state index contributed by atoms with van der Waals surface area (Å²) in [6.07, 6.45) is 1.82. The molecule has 0 radical (unpaired) electrons. The Morgan fingerprint density at radius 2 is 2.10 bits per heavy atom. The first kappa shape index (κ1) is 14.4.